The maximum atomic E-state index is 9.08. The van der Waals surface area contributed by atoms with E-state index < -0.39 is 0 Å². The number of hydrogen-bond donors (Lipinski definition) is 1. The summed E-state index contributed by atoms with van der Waals surface area (Å²) in [4.78, 5) is 0. The number of hydrogen-bond acceptors (Lipinski definition) is 2. The van der Waals surface area contributed by atoms with Gasteiger partial charge < -0.3 is 5.32 Å². The molecule has 0 saturated heterocycles. The summed E-state index contributed by atoms with van der Waals surface area (Å²) >= 11 is 12.7. The second kappa shape index (κ2) is 6.42. The number of nitrogens with one attached hydrogen (secondary N) is 1. The summed E-state index contributed by atoms with van der Waals surface area (Å²) in [6.07, 6.45) is 0. The van der Waals surface area contributed by atoms with Gasteiger partial charge in [0, 0.05) is 15.5 Å². The van der Waals surface area contributed by atoms with Gasteiger partial charge in [-0.3, -0.25) is 0 Å². The van der Waals surface area contributed by atoms with Crippen LogP contribution in [0.5, 0.6) is 0 Å². The molecule has 0 radical (unpaired) electrons. The summed E-state index contributed by atoms with van der Waals surface area (Å²) in [7, 11) is 0. The second-order valence-electron chi connectivity index (χ2n) is 3.90. The van der Waals surface area contributed by atoms with Gasteiger partial charge in [-0.15, -0.1) is 0 Å². The van der Waals surface area contributed by atoms with Crippen molar-refractivity contribution in [1.29, 1.82) is 5.26 Å². The Morgan fingerprint density at radius 1 is 1.16 bits per heavy atom. The number of anilines is 1. The molecular formula is C14H9Br2ClN2. The highest BCUT2D eigenvalue weighted by molar-refractivity contribution is 9.10. The Kier molecular flexibility index (Phi) is 4.87. The Labute approximate surface area is 133 Å². The van der Waals surface area contributed by atoms with Crippen LogP contribution < -0.4 is 5.32 Å². The highest BCUT2D eigenvalue weighted by Gasteiger charge is 2.03. The number of rotatable bonds is 3. The average molecular weight is 401 g/mol. The molecule has 0 unspecified atom stereocenters. The molecule has 0 aliphatic heterocycles. The fraction of sp³-hybridized carbons (Fsp3) is 0.0714. The highest BCUT2D eigenvalue weighted by atomic mass is 79.9. The zero-order valence-electron chi connectivity index (χ0n) is 9.75. The molecule has 0 fully saturated rings. The maximum Gasteiger partial charge on any atom is 0.101 e. The van der Waals surface area contributed by atoms with E-state index in [9.17, 15) is 0 Å². The van der Waals surface area contributed by atoms with Crippen LogP contribution in [-0.2, 0) is 6.54 Å². The molecule has 0 aromatic heterocycles. The summed E-state index contributed by atoms with van der Waals surface area (Å²) in [5.74, 6) is 0. The lowest BCUT2D eigenvalue weighted by Crippen LogP contribution is -2.01. The Bertz CT molecular complexity index is 650. The number of benzene rings is 2. The van der Waals surface area contributed by atoms with Crippen LogP contribution in [0.2, 0.25) is 5.02 Å². The van der Waals surface area contributed by atoms with E-state index >= 15 is 0 Å². The van der Waals surface area contributed by atoms with Gasteiger partial charge in [-0.1, -0.05) is 33.6 Å². The molecule has 0 heterocycles. The molecule has 2 nitrogen and oxygen atoms in total. The van der Waals surface area contributed by atoms with E-state index in [4.69, 9.17) is 16.9 Å². The smallest absolute Gasteiger partial charge is 0.101 e. The lowest BCUT2D eigenvalue weighted by molar-refractivity contribution is 1.14. The van der Waals surface area contributed by atoms with E-state index in [1.165, 1.54) is 0 Å². The number of nitrogens with zero attached hydrogens (tertiary/aromatic N) is 1. The number of nitriles is 1. The predicted molar refractivity (Wildman–Crippen MR) is 85.3 cm³/mol. The fourth-order valence-corrected chi connectivity index (χ4v) is 2.51. The van der Waals surface area contributed by atoms with E-state index in [2.05, 4.69) is 43.2 Å². The normalized spacial score (nSPS) is 10.0. The van der Waals surface area contributed by atoms with Crippen molar-refractivity contribution < 1.29 is 0 Å². The molecule has 2 rings (SSSR count). The Hall–Kier alpha value is -1.02. The van der Waals surface area contributed by atoms with Gasteiger partial charge in [0.25, 0.3) is 0 Å². The summed E-state index contributed by atoms with van der Waals surface area (Å²) in [5, 5.41) is 13.0. The van der Waals surface area contributed by atoms with E-state index in [0.29, 0.717) is 17.1 Å². The van der Waals surface area contributed by atoms with Crippen molar-refractivity contribution in [3.63, 3.8) is 0 Å². The summed E-state index contributed by atoms with van der Waals surface area (Å²) in [6.45, 7) is 0.631. The predicted octanol–water partition coefficient (Wildman–Crippen LogP) is 5.35. The molecule has 0 bridgehead atoms. The van der Waals surface area contributed by atoms with Crippen LogP contribution >= 0.6 is 43.5 Å². The van der Waals surface area contributed by atoms with Crippen LogP contribution in [0.25, 0.3) is 0 Å². The maximum absolute atomic E-state index is 9.08. The first-order chi connectivity index (χ1) is 9.10. The largest absolute Gasteiger partial charge is 0.380 e. The highest BCUT2D eigenvalue weighted by Crippen LogP contribution is 2.25. The van der Waals surface area contributed by atoms with Crippen LogP contribution in [0, 0.1) is 11.3 Å². The lowest BCUT2D eigenvalue weighted by atomic mass is 10.1. The summed E-state index contributed by atoms with van der Waals surface area (Å²) in [6, 6.07) is 13.5. The Morgan fingerprint density at radius 2 is 1.95 bits per heavy atom. The molecule has 0 atom stereocenters. The molecule has 2 aromatic rings. The van der Waals surface area contributed by atoms with Gasteiger partial charge in [-0.05, 0) is 51.8 Å². The third kappa shape index (κ3) is 3.73. The minimum atomic E-state index is 0.613. The van der Waals surface area contributed by atoms with Gasteiger partial charge in [-0.25, -0.2) is 0 Å². The van der Waals surface area contributed by atoms with Crippen molar-refractivity contribution in [3.05, 3.63) is 61.5 Å². The molecule has 2 aromatic carbocycles. The van der Waals surface area contributed by atoms with Crippen LogP contribution in [0.3, 0.4) is 0 Å². The zero-order chi connectivity index (χ0) is 13.8. The van der Waals surface area contributed by atoms with E-state index in [1.54, 1.807) is 6.07 Å². The van der Waals surface area contributed by atoms with E-state index in [0.717, 1.165) is 20.2 Å². The van der Waals surface area contributed by atoms with E-state index in [-0.39, 0.29) is 0 Å². The van der Waals surface area contributed by atoms with Crippen molar-refractivity contribution in [2.75, 3.05) is 5.32 Å². The lowest BCUT2D eigenvalue weighted by Gasteiger charge is -2.09. The molecular weight excluding hydrogens is 391 g/mol. The zero-order valence-corrected chi connectivity index (χ0v) is 13.7. The third-order valence-electron chi connectivity index (χ3n) is 2.57. The minimum Gasteiger partial charge on any atom is -0.380 e. The first-order valence-electron chi connectivity index (χ1n) is 5.47. The van der Waals surface area contributed by atoms with E-state index in [1.807, 2.05) is 30.3 Å². The van der Waals surface area contributed by atoms with Gasteiger partial charge in [-0.2, -0.15) is 5.26 Å². The second-order valence-corrected chi connectivity index (χ2v) is 6.08. The third-order valence-corrected chi connectivity index (χ3v) is 4.28. The van der Waals surface area contributed by atoms with Crippen LogP contribution in [0.1, 0.15) is 11.1 Å². The van der Waals surface area contributed by atoms with Gasteiger partial charge in [0.1, 0.15) is 6.07 Å². The summed E-state index contributed by atoms with van der Waals surface area (Å²) < 4.78 is 1.76. The molecule has 0 amide bonds. The Balaban J connectivity index is 2.14. The van der Waals surface area contributed by atoms with Crippen molar-refractivity contribution in [2.45, 2.75) is 6.54 Å². The molecule has 19 heavy (non-hydrogen) atoms. The molecule has 5 heteroatoms. The standard InChI is InChI=1S/C14H9Br2ClN2/c15-11-2-4-14(10(6-11)7-18)19-8-9-1-3-13(17)12(16)5-9/h1-6,19H,8H2. The monoisotopic (exact) mass is 398 g/mol. The quantitative estimate of drug-likeness (QED) is 0.754. The van der Waals surface area contributed by atoms with Crippen molar-refractivity contribution in [1.82, 2.24) is 0 Å². The van der Waals surface area contributed by atoms with Gasteiger partial charge in [0.2, 0.25) is 0 Å². The SMILES string of the molecule is N#Cc1cc(Br)ccc1NCc1ccc(Cl)c(Br)c1. The first kappa shape index (κ1) is 14.4. The molecule has 96 valence electrons. The van der Waals surface area contributed by atoms with Crippen LogP contribution in [0.15, 0.2) is 45.3 Å². The van der Waals surface area contributed by atoms with Crippen molar-refractivity contribution >= 4 is 49.1 Å². The molecule has 0 aliphatic carbocycles. The molecule has 0 saturated carbocycles. The molecule has 0 spiro atoms. The van der Waals surface area contributed by atoms with Crippen molar-refractivity contribution in [3.8, 4) is 6.07 Å². The van der Waals surface area contributed by atoms with Gasteiger partial charge >= 0.3 is 0 Å². The van der Waals surface area contributed by atoms with Crippen LogP contribution in [-0.4, -0.2) is 0 Å². The van der Waals surface area contributed by atoms with Crippen molar-refractivity contribution in [2.24, 2.45) is 0 Å². The summed E-state index contributed by atoms with van der Waals surface area (Å²) in [5.41, 5.74) is 2.52. The first-order valence-corrected chi connectivity index (χ1v) is 7.44. The minimum absolute atomic E-state index is 0.613. The van der Waals surface area contributed by atoms with Gasteiger partial charge in [0.15, 0.2) is 0 Å². The fourth-order valence-electron chi connectivity index (χ4n) is 1.61. The molecule has 1 N–H and O–H groups in total. The topological polar surface area (TPSA) is 35.8 Å². The average Bonchev–Trinajstić information content (AvgIpc) is 2.41. The number of halogens is 3. The Morgan fingerprint density at radius 3 is 2.63 bits per heavy atom. The molecule has 0 aliphatic rings. The van der Waals surface area contributed by atoms with Crippen LogP contribution in [0.4, 0.5) is 5.69 Å². The van der Waals surface area contributed by atoms with Gasteiger partial charge in [0.05, 0.1) is 16.3 Å².